The van der Waals surface area contributed by atoms with Crippen molar-refractivity contribution in [2.75, 3.05) is 17.4 Å². The molecular weight excluding hydrogens is 616 g/mol. The number of anilines is 1. The molecule has 0 fully saturated rings. The Hall–Kier alpha value is -2.49. The third-order valence-electron chi connectivity index (χ3n) is 6.14. The summed E-state index contributed by atoms with van der Waals surface area (Å²) in [7, 11) is -4.28. The summed E-state index contributed by atoms with van der Waals surface area (Å²) in [4.78, 5) is 28.3. The van der Waals surface area contributed by atoms with Crippen LogP contribution in [0.3, 0.4) is 0 Å². The van der Waals surface area contributed by atoms with Crippen molar-refractivity contribution < 1.29 is 18.0 Å². The van der Waals surface area contributed by atoms with Crippen molar-refractivity contribution in [2.45, 2.75) is 44.7 Å². The largest absolute Gasteiger partial charge is 0.355 e. The smallest absolute Gasteiger partial charge is 0.264 e. The molecule has 0 aliphatic carbocycles. The van der Waals surface area contributed by atoms with E-state index >= 15 is 0 Å². The molecule has 40 heavy (non-hydrogen) atoms. The van der Waals surface area contributed by atoms with Crippen LogP contribution in [0.1, 0.15) is 31.4 Å². The number of amides is 2. The van der Waals surface area contributed by atoms with Gasteiger partial charge < -0.3 is 10.2 Å². The molecule has 7 nitrogen and oxygen atoms in total. The van der Waals surface area contributed by atoms with Crippen LogP contribution < -0.4 is 9.62 Å². The van der Waals surface area contributed by atoms with Gasteiger partial charge in [-0.1, -0.05) is 77.1 Å². The number of benzene rings is 3. The molecule has 2 amide bonds. The number of carbonyl (C=O) groups is 2. The topological polar surface area (TPSA) is 86.8 Å². The third-order valence-corrected chi connectivity index (χ3v) is 9.21. The maximum absolute atomic E-state index is 14.0. The fourth-order valence-corrected chi connectivity index (χ4v) is 6.26. The highest BCUT2D eigenvalue weighted by molar-refractivity contribution is 7.92. The number of rotatable bonds is 11. The van der Waals surface area contributed by atoms with Gasteiger partial charge in [-0.3, -0.25) is 13.9 Å². The second-order valence-corrected chi connectivity index (χ2v) is 12.5. The van der Waals surface area contributed by atoms with E-state index in [2.05, 4.69) is 5.32 Å². The lowest BCUT2D eigenvalue weighted by atomic mass is 10.1. The standard InChI is InChI=1S/C28H29Cl4N3O4S/c1-4-25(28(37)33-5-2)34(16-19-8-12-22(30)24(32)14-19)27(36)17-35(26-15-20(29)9-13-23(26)31)40(38,39)21-10-6-18(3)7-11-21/h6-15,25H,4-5,16-17H2,1-3H3,(H,33,37)/t25-/m0/s1. The number of halogens is 4. The maximum Gasteiger partial charge on any atom is 0.264 e. The van der Waals surface area contributed by atoms with Crippen LogP contribution >= 0.6 is 46.4 Å². The first-order chi connectivity index (χ1) is 18.9. The molecule has 1 N–H and O–H groups in total. The Kier molecular flexibility index (Phi) is 11.1. The van der Waals surface area contributed by atoms with Gasteiger partial charge in [-0.25, -0.2) is 8.42 Å². The summed E-state index contributed by atoms with van der Waals surface area (Å²) in [5.74, 6) is -0.997. The van der Waals surface area contributed by atoms with Crippen LogP contribution in [0, 0.1) is 6.92 Å². The summed E-state index contributed by atoms with van der Waals surface area (Å²) in [5.41, 5.74) is 1.51. The van der Waals surface area contributed by atoms with Gasteiger partial charge in [0.2, 0.25) is 11.8 Å². The fourth-order valence-electron chi connectivity index (χ4n) is 4.07. The molecule has 0 aromatic heterocycles. The van der Waals surface area contributed by atoms with Gasteiger partial charge in [-0.15, -0.1) is 0 Å². The highest BCUT2D eigenvalue weighted by Crippen LogP contribution is 2.33. The molecule has 3 aromatic rings. The molecule has 12 heteroatoms. The second-order valence-electron chi connectivity index (χ2n) is 9.01. The van der Waals surface area contributed by atoms with E-state index in [9.17, 15) is 18.0 Å². The van der Waals surface area contributed by atoms with Crippen LogP contribution in [0.5, 0.6) is 0 Å². The predicted octanol–water partition coefficient (Wildman–Crippen LogP) is 6.75. The molecule has 0 saturated heterocycles. The molecule has 0 radical (unpaired) electrons. The second kappa shape index (κ2) is 13.9. The quantitative estimate of drug-likeness (QED) is 0.250. The average Bonchev–Trinajstić information content (AvgIpc) is 2.91. The van der Waals surface area contributed by atoms with Gasteiger partial charge in [0.1, 0.15) is 12.6 Å². The summed E-state index contributed by atoms with van der Waals surface area (Å²) < 4.78 is 28.8. The minimum Gasteiger partial charge on any atom is -0.355 e. The number of nitrogens with one attached hydrogen (secondary N) is 1. The van der Waals surface area contributed by atoms with E-state index in [0.717, 1.165) is 9.87 Å². The Bertz CT molecular complexity index is 1480. The van der Waals surface area contributed by atoms with Crippen LogP contribution in [0.15, 0.2) is 65.6 Å². The van der Waals surface area contributed by atoms with Crippen molar-refractivity contribution in [1.82, 2.24) is 10.2 Å². The maximum atomic E-state index is 14.0. The number of carbonyl (C=O) groups excluding carboxylic acids is 2. The van der Waals surface area contributed by atoms with Gasteiger partial charge in [0.15, 0.2) is 0 Å². The van der Waals surface area contributed by atoms with Gasteiger partial charge >= 0.3 is 0 Å². The number of likely N-dealkylation sites (N-methyl/N-ethyl adjacent to an activating group) is 1. The van der Waals surface area contributed by atoms with Gasteiger partial charge in [0.25, 0.3) is 10.0 Å². The van der Waals surface area contributed by atoms with Crippen molar-refractivity contribution in [3.05, 3.63) is 91.9 Å². The zero-order valence-electron chi connectivity index (χ0n) is 22.1. The van der Waals surface area contributed by atoms with E-state index in [1.165, 1.54) is 35.2 Å². The number of nitrogens with zero attached hydrogens (tertiary/aromatic N) is 2. The zero-order valence-corrected chi connectivity index (χ0v) is 26.0. The number of hydrogen-bond donors (Lipinski definition) is 1. The van der Waals surface area contributed by atoms with Crippen LogP contribution in [-0.4, -0.2) is 44.3 Å². The van der Waals surface area contributed by atoms with Crippen molar-refractivity contribution >= 4 is 73.9 Å². The van der Waals surface area contributed by atoms with E-state index in [0.29, 0.717) is 17.1 Å². The molecule has 0 bridgehead atoms. The van der Waals surface area contributed by atoms with Gasteiger partial charge in [-0.05, 0) is 68.3 Å². The summed E-state index contributed by atoms with van der Waals surface area (Å²) in [6, 6.07) is 14.6. The molecule has 3 rings (SSSR count). The first-order valence-electron chi connectivity index (χ1n) is 12.4. The Labute approximate surface area is 255 Å². The van der Waals surface area contributed by atoms with Gasteiger partial charge in [-0.2, -0.15) is 0 Å². The first kappa shape index (κ1) is 32.0. The summed E-state index contributed by atoms with van der Waals surface area (Å²) in [6.07, 6.45) is 0.279. The monoisotopic (exact) mass is 643 g/mol. The predicted molar refractivity (Wildman–Crippen MR) is 162 cm³/mol. The lowest BCUT2D eigenvalue weighted by Crippen LogP contribution is -2.52. The van der Waals surface area contributed by atoms with Crippen molar-refractivity contribution in [3.63, 3.8) is 0 Å². The SMILES string of the molecule is CCNC(=O)[C@H](CC)N(Cc1ccc(Cl)c(Cl)c1)C(=O)CN(c1cc(Cl)ccc1Cl)S(=O)(=O)c1ccc(C)cc1. The Morgan fingerprint density at radius 1 is 0.875 bits per heavy atom. The molecule has 214 valence electrons. The Balaban J connectivity index is 2.11. The van der Waals surface area contributed by atoms with E-state index in [1.54, 1.807) is 44.2 Å². The van der Waals surface area contributed by atoms with Crippen LogP contribution in [0.2, 0.25) is 20.1 Å². The third kappa shape index (κ3) is 7.62. The summed E-state index contributed by atoms with van der Waals surface area (Å²) in [6.45, 7) is 5.06. The lowest BCUT2D eigenvalue weighted by Gasteiger charge is -2.33. The molecule has 0 aliphatic heterocycles. The molecule has 3 aromatic carbocycles. The van der Waals surface area contributed by atoms with E-state index in [1.807, 2.05) is 6.92 Å². The normalized spacial score (nSPS) is 12.1. The Morgan fingerprint density at radius 3 is 2.12 bits per heavy atom. The molecule has 0 spiro atoms. The number of hydrogen-bond acceptors (Lipinski definition) is 4. The van der Waals surface area contributed by atoms with Crippen molar-refractivity contribution in [1.29, 1.82) is 0 Å². The molecule has 0 unspecified atom stereocenters. The lowest BCUT2D eigenvalue weighted by molar-refractivity contribution is -0.140. The Morgan fingerprint density at radius 2 is 1.52 bits per heavy atom. The molecule has 0 heterocycles. The number of aryl methyl sites for hydroxylation is 1. The van der Waals surface area contributed by atoms with Gasteiger partial charge in [0.05, 0.1) is 25.7 Å². The first-order valence-corrected chi connectivity index (χ1v) is 15.4. The van der Waals surface area contributed by atoms with Crippen LogP contribution in [0.25, 0.3) is 0 Å². The summed E-state index contributed by atoms with van der Waals surface area (Å²) >= 11 is 24.9. The minimum atomic E-state index is -4.28. The molecule has 0 aliphatic rings. The average molecular weight is 645 g/mol. The van der Waals surface area contributed by atoms with Crippen molar-refractivity contribution in [2.24, 2.45) is 0 Å². The highest BCUT2D eigenvalue weighted by atomic mass is 35.5. The molecular formula is C28H29Cl4N3O4S. The molecule has 1 atom stereocenters. The fraction of sp³-hybridized carbons (Fsp3) is 0.286. The minimum absolute atomic E-state index is 0.0208. The van der Waals surface area contributed by atoms with E-state index < -0.39 is 28.5 Å². The van der Waals surface area contributed by atoms with Gasteiger partial charge in [0, 0.05) is 18.1 Å². The summed E-state index contributed by atoms with van der Waals surface area (Å²) in [5, 5.41) is 3.69. The van der Waals surface area contributed by atoms with Crippen LogP contribution in [0.4, 0.5) is 5.69 Å². The number of sulfonamides is 1. The van der Waals surface area contributed by atoms with E-state index in [4.69, 9.17) is 46.4 Å². The zero-order chi connectivity index (χ0) is 29.6. The van der Waals surface area contributed by atoms with Crippen molar-refractivity contribution in [3.8, 4) is 0 Å². The van der Waals surface area contributed by atoms with Crippen LogP contribution in [-0.2, 0) is 26.2 Å². The van der Waals surface area contributed by atoms with E-state index in [-0.39, 0.29) is 44.5 Å². The molecule has 0 saturated carbocycles. The highest BCUT2D eigenvalue weighted by Gasteiger charge is 2.34.